The summed E-state index contributed by atoms with van der Waals surface area (Å²) in [5.41, 5.74) is 7.85. The lowest BCUT2D eigenvalue weighted by Crippen LogP contribution is -2.14. The van der Waals surface area contributed by atoms with Gasteiger partial charge in [0.15, 0.2) is 0 Å². The van der Waals surface area contributed by atoms with E-state index in [0.29, 0.717) is 16.4 Å². The predicted molar refractivity (Wildman–Crippen MR) is 82.3 cm³/mol. The molecule has 0 bridgehead atoms. The fourth-order valence-electron chi connectivity index (χ4n) is 1.68. The van der Waals surface area contributed by atoms with Crippen LogP contribution >= 0.6 is 27.5 Å². The van der Waals surface area contributed by atoms with E-state index in [9.17, 15) is 4.79 Å². The Bertz CT molecular complexity index is 616. The Morgan fingerprint density at radius 3 is 2.79 bits per heavy atom. The van der Waals surface area contributed by atoms with E-state index in [-0.39, 0.29) is 12.3 Å². The van der Waals surface area contributed by atoms with E-state index in [4.69, 9.17) is 17.3 Å². The molecule has 0 fully saturated rings. The first-order chi connectivity index (χ1) is 9.04. The van der Waals surface area contributed by atoms with Crippen molar-refractivity contribution in [1.82, 2.24) is 0 Å². The molecule has 0 radical (unpaired) electrons. The third-order valence-electron chi connectivity index (χ3n) is 2.52. The summed E-state index contributed by atoms with van der Waals surface area (Å²) in [7, 11) is 0. The quantitative estimate of drug-likeness (QED) is 0.834. The minimum absolute atomic E-state index is 0.117. The highest BCUT2D eigenvalue weighted by Crippen LogP contribution is 2.26. The maximum atomic E-state index is 11.9. The molecule has 0 aliphatic carbocycles. The molecule has 2 aromatic rings. The first kappa shape index (κ1) is 13.9. The summed E-state index contributed by atoms with van der Waals surface area (Å²) < 4.78 is 0.790. The van der Waals surface area contributed by atoms with Crippen LogP contribution in [-0.2, 0) is 11.2 Å². The second-order valence-electron chi connectivity index (χ2n) is 4.09. The average Bonchev–Trinajstić information content (AvgIpc) is 2.34. The normalized spacial score (nSPS) is 10.2. The summed E-state index contributed by atoms with van der Waals surface area (Å²) in [5, 5.41) is 3.38. The third kappa shape index (κ3) is 3.98. The van der Waals surface area contributed by atoms with Gasteiger partial charge in [-0.1, -0.05) is 23.7 Å². The van der Waals surface area contributed by atoms with E-state index in [1.54, 1.807) is 30.3 Å². The number of anilines is 2. The van der Waals surface area contributed by atoms with Crippen LogP contribution in [-0.4, -0.2) is 5.91 Å². The van der Waals surface area contributed by atoms with E-state index in [2.05, 4.69) is 21.2 Å². The fourth-order valence-corrected chi connectivity index (χ4v) is 2.19. The number of rotatable bonds is 3. The van der Waals surface area contributed by atoms with Crippen molar-refractivity contribution in [2.75, 3.05) is 11.1 Å². The van der Waals surface area contributed by atoms with Crippen LogP contribution in [0.3, 0.4) is 0 Å². The topological polar surface area (TPSA) is 55.1 Å². The number of nitrogen functional groups attached to an aromatic ring is 1. The Labute approximate surface area is 124 Å². The van der Waals surface area contributed by atoms with Crippen LogP contribution in [0.1, 0.15) is 5.56 Å². The zero-order valence-corrected chi connectivity index (χ0v) is 12.3. The van der Waals surface area contributed by atoms with Gasteiger partial charge in [-0.05, 0) is 51.8 Å². The van der Waals surface area contributed by atoms with Crippen molar-refractivity contribution >= 4 is 44.8 Å². The van der Waals surface area contributed by atoms with Crippen LogP contribution in [0.2, 0.25) is 5.02 Å². The lowest BCUT2D eigenvalue weighted by molar-refractivity contribution is -0.115. The Balaban J connectivity index is 2.07. The standard InChI is InChI=1S/C14H12BrClN2O/c15-12-5-4-10(16)8-13(12)18-14(19)7-9-2-1-3-11(17)6-9/h1-6,8H,7,17H2,(H,18,19). The van der Waals surface area contributed by atoms with E-state index >= 15 is 0 Å². The Hall–Kier alpha value is -1.52. The van der Waals surface area contributed by atoms with Gasteiger partial charge in [0.05, 0.1) is 12.1 Å². The molecule has 0 aliphatic heterocycles. The number of amides is 1. The number of nitrogens with two attached hydrogens (primary N) is 1. The summed E-state index contributed by atoms with van der Waals surface area (Å²) >= 11 is 9.26. The molecule has 2 aromatic carbocycles. The predicted octanol–water partition coefficient (Wildman–Crippen LogP) is 3.87. The number of halogens is 2. The van der Waals surface area contributed by atoms with Gasteiger partial charge in [0.2, 0.25) is 5.91 Å². The minimum Gasteiger partial charge on any atom is -0.399 e. The monoisotopic (exact) mass is 338 g/mol. The lowest BCUT2D eigenvalue weighted by Gasteiger charge is -2.08. The maximum absolute atomic E-state index is 11.9. The van der Waals surface area contributed by atoms with Gasteiger partial charge in [-0.15, -0.1) is 0 Å². The summed E-state index contributed by atoms with van der Waals surface area (Å²) in [6.45, 7) is 0. The molecule has 3 N–H and O–H groups in total. The zero-order valence-electron chi connectivity index (χ0n) is 9.99. The minimum atomic E-state index is -0.117. The Morgan fingerprint density at radius 2 is 2.05 bits per heavy atom. The van der Waals surface area contributed by atoms with Crippen LogP contribution in [0.25, 0.3) is 0 Å². The number of nitrogens with one attached hydrogen (secondary N) is 1. The second kappa shape index (κ2) is 6.08. The van der Waals surface area contributed by atoms with Gasteiger partial charge >= 0.3 is 0 Å². The molecule has 1 amide bonds. The van der Waals surface area contributed by atoms with E-state index < -0.39 is 0 Å². The SMILES string of the molecule is Nc1cccc(CC(=O)Nc2cc(Cl)ccc2Br)c1. The maximum Gasteiger partial charge on any atom is 0.228 e. The molecule has 0 spiro atoms. The first-order valence-electron chi connectivity index (χ1n) is 5.64. The van der Waals surface area contributed by atoms with Crippen LogP contribution in [0.15, 0.2) is 46.9 Å². The highest BCUT2D eigenvalue weighted by Gasteiger charge is 2.07. The largest absolute Gasteiger partial charge is 0.399 e. The molecule has 0 heterocycles. The van der Waals surface area contributed by atoms with E-state index in [0.717, 1.165) is 10.0 Å². The molecule has 0 saturated carbocycles. The number of hydrogen-bond acceptors (Lipinski definition) is 2. The molecule has 5 heteroatoms. The van der Waals surface area contributed by atoms with Gasteiger partial charge in [0.25, 0.3) is 0 Å². The molecular formula is C14H12BrClN2O. The van der Waals surface area contributed by atoms with Gasteiger partial charge < -0.3 is 11.1 Å². The average molecular weight is 340 g/mol. The molecule has 0 unspecified atom stereocenters. The van der Waals surface area contributed by atoms with E-state index in [1.165, 1.54) is 0 Å². The molecule has 0 aliphatic rings. The fraction of sp³-hybridized carbons (Fsp3) is 0.0714. The van der Waals surface area contributed by atoms with Crippen LogP contribution in [0, 0.1) is 0 Å². The third-order valence-corrected chi connectivity index (χ3v) is 3.44. The lowest BCUT2D eigenvalue weighted by atomic mass is 10.1. The van der Waals surface area contributed by atoms with Crippen molar-refractivity contribution < 1.29 is 4.79 Å². The molecule has 0 aromatic heterocycles. The first-order valence-corrected chi connectivity index (χ1v) is 6.81. The summed E-state index contributed by atoms with van der Waals surface area (Å²) in [5.74, 6) is -0.117. The van der Waals surface area contributed by atoms with Crippen molar-refractivity contribution in [1.29, 1.82) is 0 Å². The van der Waals surface area contributed by atoms with Crippen LogP contribution < -0.4 is 11.1 Å². The van der Waals surface area contributed by atoms with Gasteiger partial charge in [-0.25, -0.2) is 0 Å². The van der Waals surface area contributed by atoms with Gasteiger partial charge in [0.1, 0.15) is 0 Å². The Morgan fingerprint density at radius 1 is 1.26 bits per heavy atom. The highest BCUT2D eigenvalue weighted by atomic mass is 79.9. The van der Waals surface area contributed by atoms with Crippen molar-refractivity contribution in [3.8, 4) is 0 Å². The van der Waals surface area contributed by atoms with Crippen molar-refractivity contribution in [3.63, 3.8) is 0 Å². The van der Waals surface area contributed by atoms with E-state index in [1.807, 2.05) is 12.1 Å². The molecule has 2 rings (SSSR count). The number of benzene rings is 2. The van der Waals surface area contributed by atoms with Crippen molar-refractivity contribution in [2.24, 2.45) is 0 Å². The summed E-state index contributed by atoms with van der Waals surface area (Å²) in [6.07, 6.45) is 0.268. The second-order valence-corrected chi connectivity index (χ2v) is 5.38. The van der Waals surface area contributed by atoms with Gasteiger partial charge in [-0.2, -0.15) is 0 Å². The van der Waals surface area contributed by atoms with Gasteiger partial charge in [0, 0.05) is 15.2 Å². The smallest absolute Gasteiger partial charge is 0.228 e. The zero-order chi connectivity index (χ0) is 13.8. The number of carbonyl (C=O) groups is 1. The van der Waals surface area contributed by atoms with Crippen LogP contribution in [0.4, 0.5) is 11.4 Å². The number of carbonyl (C=O) groups excluding carboxylic acids is 1. The molecule has 0 saturated heterocycles. The number of hydrogen-bond donors (Lipinski definition) is 2. The van der Waals surface area contributed by atoms with Crippen LogP contribution in [0.5, 0.6) is 0 Å². The highest BCUT2D eigenvalue weighted by molar-refractivity contribution is 9.10. The Kier molecular flexibility index (Phi) is 4.45. The van der Waals surface area contributed by atoms with Gasteiger partial charge in [-0.3, -0.25) is 4.79 Å². The molecule has 3 nitrogen and oxygen atoms in total. The summed E-state index contributed by atoms with van der Waals surface area (Å²) in [6, 6.07) is 12.5. The summed E-state index contributed by atoms with van der Waals surface area (Å²) in [4.78, 5) is 11.9. The molecule has 19 heavy (non-hydrogen) atoms. The van der Waals surface area contributed by atoms with Crippen molar-refractivity contribution in [3.05, 3.63) is 57.5 Å². The molecule has 0 atom stereocenters. The molecule has 98 valence electrons. The molecular weight excluding hydrogens is 328 g/mol. The van der Waals surface area contributed by atoms with Crippen molar-refractivity contribution in [2.45, 2.75) is 6.42 Å².